The van der Waals surface area contributed by atoms with Crippen LogP contribution in [0.25, 0.3) is 0 Å². The summed E-state index contributed by atoms with van der Waals surface area (Å²) >= 11 is 0. The van der Waals surface area contributed by atoms with Crippen LogP contribution in [0.2, 0.25) is 0 Å². The summed E-state index contributed by atoms with van der Waals surface area (Å²) in [5.41, 5.74) is 0. The minimum atomic E-state index is 0.533. The van der Waals surface area contributed by atoms with E-state index in [9.17, 15) is 0 Å². The summed E-state index contributed by atoms with van der Waals surface area (Å²) in [5, 5.41) is 6.91. The smallest absolute Gasteiger partial charge is 0.191 e. The number of likely N-dealkylation sites (tertiary alicyclic amines) is 1. The lowest BCUT2D eigenvalue weighted by Crippen LogP contribution is -2.43. The maximum absolute atomic E-state index is 4.31. The van der Waals surface area contributed by atoms with Crippen LogP contribution < -0.4 is 10.6 Å². The molecule has 1 aliphatic carbocycles. The first kappa shape index (κ1) is 16.3. The summed E-state index contributed by atoms with van der Waals surface area (Å²) in [4.78, 5) is 6.94. The molecule has 120 valence electrons. The van der Waals surface area contributed by atoms with Gasteiger partial charge in [0.25, 0.3) is 0 Å². The first-order chi connectivity index (χ1) is 10.3. The van der Waals surface area contributed by atoms with Crippen molar-refractivity contribution in [2.45, 2.75) is 51.5 Å². The van der Waals surface area contributed by atoms with Crippen LogP contribution in [-0.4, -0.2) is 50.1 Å². The van der Waals surface area contributed by atoms with Gasteiger partial charge in [0.05, 0.1) is 0 Å². The second-order valence-electron chi connectivity index (χ2n) is 6.54. The predicted octanol–water partition coefficient (Wildman–Crippen LogP) is 2.38. The minimum Gasteiger partial charge on any atom is -0.356 e. The van der Waals surface area contributed by atoms with Crippen LogP contribution in [0.5, 0.6) is 0 Å². The van der Waals surface area contributed by atoms with Gasteiger partial charge in [0.15, 0.2) is 5.96 Å². The highest BCUT2D eigenvalue weighted by atomic mass is 15.2. The van der Waals surface area contributed by atoms with E-state index in [4.69, 9.17) is 0 Å². The van der Waals surface area contributed by atoms with E-state index in [0.717, 1.165) is 31.3 Å². The first-order valence-electron chi connectivity index (χ1n) is 8.62. The third-order valence-corrected chi connectivity index (χ3v) is 4.51. The van der Waals surface area contributed by atoms with E-state index >= 15 is 0 Å². The SMILES string of the molecule is CN=C(NCCCCN1CCCC(C)C1)NC1CC=CC1. The number of nitrogens with zero attached hydrogens (tertiary/aromatic N) is 2. The van der Waals surface area contributed by atoms with Gasteiger partial charge in [-0.3, -0.25) is 4.99 Å². The van der Waals surface area contributed by atoms with Gasteiger partial charge in [-0.2, -0.15) is 0 Å². The number of hydrogen-bond donors (Lipinski definition) is 2. The Kier molecular flexibility index (Phi) is 7.07. The standard InChI is InChI=1S/C17H32N4/c1-15-8-7-13-21(14-15)12-6-5-11-19-17(18-2)20-16-9-3-4-10-16/h3-4,15-16H,5-14H2,1-2H3,(H2,18,19,20). The molecule has 1 unspecified atom stereocenters. The normalized spacial score (nSPS) is 24.5. The van der Waals surface area contributed by atoms with Crippen LogP contribution in [0.1, 0.15) is 45.4 Å². The lowest BCUT2D eigenvalue weighted by atomic mass is 10.0. The highest BCUT2D eigenvalue weighted by Gasteiger charge is 2.15. The zero-order valence-corrected chi connectivity index (χ0v) is 13.8. The van der Waals surface area contributed by atoms with Crippen molar-refractivity contribution in [3.63, 3.8) is 0 Å². The van der Waals surface area contributed by atoms with Crippen LogP contribution in [0.4, 0.5) is 0 Å². The van der Waals surface area contributed by atoms with Crippen molar-refractivity contribution in [3.05, 3.63) is 12.2 Å². The molecule has 0 radical (unpaired) electrons. The molecule has 0 aromatic heterocycles. The zero-order valence-electron chi connectivity index (χ0n) is 13.8. The van der Waals surface area contributed by atoms with Crippen molar-refractivity contribution >= 4 is 5.96 Å². The fourth-order valence-electron chi connectivity index (χ4n) is 3.28. The van der Waals surface area contributed by atoms with Crippen LogP contribution in [0.3, 0.4) is 0 Å². The molecule has 2 rings (SSSR count). The van der Waals surface area contributed by atoms with E-state index in [-0.39, 0.29) is 0 Å². The van der Waals surface area contributed by atoms with Gasteiger partial charge in [0, 0.05) is 26.2 Å². The van der Waals surface area contributed by atoms with E-state index in [1.54, 1.807) is 0 Å². The lowest BCUT2D eigenvalue weighted by molar-refractivity contribution is 0.181. The van der Waals surface area contributed by atoms with Crippen molar-refractivity contribution in [1.29, 1.82) is 0 Å². The topological polar surface area (TPSA) is 39.7 Å². The highest BCUT2D eigenvalue weighted by molar-refractivity contribution is 5.80. The molecular weight excluding hydrogens is 260 g/mol. The van der Waals surface area contributed by atoms with Crippen molar-refractivity contribution in [1.82, 2.24) is 15.5 Å². The van der Waals surface area contributed by atoms with E-state index in [1.165, 1.54) is 45.3 Å². The molecule has 4 heteroatoms. The summed E-state index contributed by atoms with van der Waals surface area (Å²) in [5.74, 6) is 1.84. The molecule has 21 heavy (non-hydrogen) atoms. The zero-order chi connectivity index (χ0) is 14.9. The summed E-state index contributed by atoms with van der Waals surface area (Å²) in [6, 6.07) is 0.533. The maximum Gasteiger partial charge on any atom is 0.191 e. The second kappa shape index (κ2) is 9.08. The van der Waals surface area contributed by atoms with Gasteiger partial charge in [-0.25, -0.2) is 0 Å². The number of aliphatic imine (C=N–C) groups is 1. The number of unbranched alkanes of at least 4 members (excludes halogenated alkanes) is 1. The molecule has 1 heterocycles. The van der Waals surface area contributed by atoms with Crippen molar-refractivity contribution < 1.29 is 0 Å². The van der Waals surface area contributed by atoms with E-state index < -0.39 is 0 Å². The quantitative estimate of drug-likeness (QED) is 0.342. The first-order valence-corrected chi connectivity index (χ1v) is 8.62. The van der Waals surface area contributed by atoms with Gasteiger partial charge in [0.1, 0.15) is 0 Å². The van der Waals surface area contributed by atoms with E-state index in [2.05, 4.69) is 39.6 Å². The second-order valence-corrected chi connectivity index (χ2v) is 6.54. The molecule has 0 amide bonds. The third-order valence-electron chi connectivity index (χ3n) is 4.51. The van der Waals surface area contributed by atoms with Crippen molar-refractivity contribution in [2.75, 3.05) is 33.2 Å². The lowest BCUT2D eigenvalue weighted by Gasteiger charge is -2.30. The number of guanidine groups is 1. The average Bonchev–Trinajstić information content (AvgIpc) is 2.98. The summed E-state index contributed by atoms with van der Waals surface area (Å²) in [6.07, 6.45) is 12.0. The predicted molar refractivity (Wildman–Crippen MR) is 90.7 cm³/mol. The maximum atomic E-state index is 4.31. The van der Waals surface area contributed by atoms with Crippen LogP contribution in [0, 0.1) is 5.92 Å². The largest absolute Gasteiger partial charge is 0.356 e. The van der Waals surface area contributed by atoms with Gasteiger partial charge < -0.3 is 15.5 Å². The van der Waals surface area contributed by atoms with Gasteiger partial charge in [-0.1, -0.05) is 19.1 Å². The molecule has 0 bridgehead atoms. The molecule has 1 saturated heterocycles. The monoisotopic (exact) mass is 292 g/mol. The molecule has 0 saturated carbocycles. The molecule has 1 fully saturated rings. The Morgan fingerprint density at radius 2 is 2.10 bits per heavy atom. The van der Waals surface area contributed by atoms with Gasteiger partial charge >= 0.3 is 0 Å². The van der Waals surface area contributed by atoms with Crippen LogP contribution in [0.15, 0.2) is 17.1 Å². The van der Waals surface area contributed by atoms with Gasteiger partial charge in [-0.05, 0) is 57.5 Å². The fourth-order valence-corrected chi connectivity index (χ4v) is 3.28. The molecule has 2 aliphatic rings. The number of nitrogens with one attached hydrogen (secondary N) is 2. The molecule has 2 N–H and O–H groups in total. The summed E-state index contributed by atoms with van der Waals surface area (Å²) in [7, 11) is 1.85. The molecule has 0 aromatic carbocycles. The molecule has 1 atom stereocenters. The Morgan fingerprint density at radius 1 is 1.29 bits per heavy atom. The number of rotatable bonds is 6. The third kappa shape index (κ3) is 6.08. The average molecular weight is 292 g/mol. The Balaban J connectivity index is 1.52. The van der Waals surface area contributed by atoms with E-state index in [1.807, 2.05) is 7.05 Å². The van der Waals surface area contributed by atoms with Gasteiger partial charge in [0.2, 0.25) is 0 Å². The summed E-state index contributed by atoms with van der Waals surface area (Å²) in [6.45, 7) is 7.25. The molecule has 0 spiro atoms. The molecule has 0 aromatic rings. The Hall–Kier alpha value is -1.03. The Labute approximate surface area is 130 Å². The Bertz CT molecular complexity index is 343. The molecular formula is C17H32N4. The summed E-state index contributed by atoms with van der Waals surface area (Å²) < 4.78 is 0. The minimum absolute atomic E-state index is 0.533. The highest BCUT2D eigenvalue weighted by Crippen LogP contribution is 2.15. The molecule has 4 nitrogen and oxygen atoms in total. The molecule has 1 aliphatic heterocycles. The van der Waals surface area contributed by atoms with Crippen LogP contribution in [-0.2, 0) is 0 Å². The number of piperidine rings is 1. The van der Waals surface area contributed by atoms with Gasteiger partial charge in [-0.15, -0.1) is 0 Å². The van der Waals surface area contributed by atoms with Crippen molar-refractivity contribution in [3.8, 4) is 0 Å². The van der Waals surface area contributed by atoms with Crippen LogP contribution >= 0.6 is 0 Å². The van der Waals surface area contributed by atoms with E-state index in [0.29, 0.717) is 6.04 Å². The van der Waals surface area contributed by atoms with Crippen molar-refractivity contribution in [2.24, 2.45) is 10.9 Å². The number of hydrogen-bond acceptors (Lipinski definition) is 2. The fraction of sp³-hybridized carbons (Fsp3) is 0.824. The Morgan fingerprint density at radius 3 is 2.81 bits per heavy atom.